The first-order chi connectivity index (χ1) is 9.67. The van der Waals surface area contributed by atoms with Crippen molar-refractivity contribution < 1.29 is 4.79 Å². The Morgan fingerprint density at radius 1 is 1.10 bits per heavy atom. The highest BCUT2D eigenvalue weighted by atomic mass is 35.5. The van der Waals surface area contributed by atoms with Crippen LogP contribution in [0.1, 0.15) is 19.8 Å². The molecule has 20 heavy (non-hydrogen) atoms. The predicted molar refractivity (Wildman–Crippen MR) is 80.3 cm³/mol. The van der Waals surface area contributed by atoms with Gasteiger partial charge in [0.25, 0.3) is 0 Å². The van der Waals surface area contributed by atoms with Gasteiger partial charge in [-0.05, 0) is 42.8 Å². The van der Waals surface area contributed by atoms with Crippen molar-refractivity contribution in [2.75, 3.05) is 10.6 Å². The van der Waals surface area contributed by atoms with Gasteiger partial charge >= 0.3 is 0 Å². The Kier molecular flexibility index (Phi) is 4.90. The van der Waals surface area contributed by atoms with E-state index in [-0.39, 0.29) is 5.91 Å². The third kappa shape index (κ3) is 4.20. The largest absolute Gasteiger partial charge is 0.339 e. The number of benzene rings is 1. The molecule has 1 aromatic heterocycles. The van der Waals surface area contributed by atoms with Gasteiger partial charge in [0.2, 0.25) is 5.91 Å². The fourth-order valence-corrected chi connectivity index (χ4v) is 1.71. The monoisotopic (exact) mass is 290 g/mol. The van der Waals surface area contributed by atoms with Crippen molar-refractivity contribution in [1.82, 2.24) is 10.2 Å². The lowest BCUT2D eigenvalue weighted by molar-refractivity contribution is -0.116. The first-order valence-corrected chi connectivity index (χ1v) is 6.71. The minimum Gasteiger partial charge on any atom is -0.339 e. The van der Waals surface area contributed by atoms with Gasteiger partial charge in [-0.15, -0.1) is 10.2 Å². The summed E-state index contributed by atoms with van der Waals surface area (Å²) < 4.78 is 0. The van der Waals surface area contributed by atoms with Crippen molar-refractivity contribution in [3.05, 3.63) is 41.4 Å². The molecule has 1 heterocycles. The molecule has 5 nitrogen and oxygen atoms in total. The molecule has 0 aliphatic rings. The highest BCUT2D eigenvalue weighted by Crippen LogP contribution is 2.17. The number of nitrogens with zero attached hydrogens (tertiary/aromatic N) is 2. The maximum Gasteiger partial charge on any atom is 0.225 e. The average molecular weight is 291 g/mol. The fraction of sp³-hybridized carbons (Fsp3) is 0.214. The normalized spacial score (nSPS) is 10.1. The molecule has 0 bridgehead atoms. The van der Waals surface area contributed by atoms with Crippen LogP contribution in [0.2, 0.25) is 5.02 Å². The fourth-order valence-electron chi connectivity index (χ4n) is 1.58. The molecule has 6 heteroatoms. The number of anilines is 3. The second-order valence-corrected chi connectivity index (χ2v) is 4.67. The van der Waals surface area contributed by atoms with Gasteiger partial charge in [0.05, 0.1) is 0 Å². The van der Waals surface area contributed by atoms with Crippen LogP contribution in [-0.4, -0.2) is 16.1 Å². The lowest BCUT2D eigenvalue weighted by Crippen LogP contribution is -2.12. The highest BCUT2D eigenvalue weighted by Gasteiger charge is 2.03. The van der Waals surface area contributed by atoms with E-state index in [2.05, 4.69) is 20.8 Å². The molecule has 2 aromatic rings. The zero-order valence-electron chi connectivity index (χ0n) is 11.1. The molecular weight excluding hydrogens is 276 g/mol. The Bertz CT molecular complexity index is 569. The minimum atomic E-state index is -0.0554. The average Bonchev–Trinajstić information content (AvgIpc) is 2.44. The highest BCUT2D eigenvalue weighted by molar-refractivity contribution is 6.30. The zero-order chi connectivity index (χ0) is 14.4. The number of nitrogens with one attached hydrogen (secondary N) is 2. The summed E-state index contributed by atoms with van der Waals surface area (Å²) in [6.45, 7) is 1.95. The second-order valence-electron chi connectivity index (χ2n) is 4.23. The Morgan fingerprint density at radius 3 is 2.35 bits per heavy atom. The summed E-state index contributed by atoms with van der Waals surface area (Å²) in [4.78, 5) is 11.4. The number of halogens is 1. The molecule has 0 fully saturated rings. The van der Waals surface area contributed by atoms with Gasteiger partial charge in [0.1, 0.15) is 0 Å². The van der Waals surface area contributed by atoms with Crippen molar-refractivity contribution in [1.29, 1.82) is 0 Å². The molecule has 0 spiro atoms. The topological polar surface area (TPSA) is 66.9 Å². The number of carbonyl (C=O) groups excluding carboxylic acids is 1. The molecule has 0 radical (unpaired) electrons. The summed E-state index contributed by atoms with van der Waals surface area (Å²) in [7, 11) is 0. The summed E-state index contributed by atoms with van der Waals surface area (Å²) in [5.74, 6) is 0.992. The Balaban J connectivity index is 1.97. The molecule has 1 aromatic carbocycles. The third-order valence-electron chi connectivity index (χ3n) is 2.53. The zero-order valence-corrected chi connectivity index (χ0v) is 11.8. The quantitative estimate of drug-likeness (QED) is 0.883. The van der Waals surface area contributed by atoms with E-state index in [9.17, 15) is 4.79 Å². The Hall–Kier alpha value is -2.14. The molecule has 104 valence electrons. The van der Waals surface area contributed by atoms with Crippen LogP contribution in [0.5, 0.6) is 0 Å². The second kappa shape index (κ2) is 6.86. The molecule has 0 saturated heterocycles. The summed E-state index contributed by atoms with van der Waals surface area (Å²) in [6.07, 6.45) is 1.28. The summed E-state index contributed by atoms with van der Waals surface area (Å²) >= 11 is 5.81. The molecule has 2 rings (SSSR count). The van der Waals surface area contributed by atoms with E-state index in [4.69, 9.17) is 11.6 Å². The number of rotatable bonds is 5. The van der Waals surface area contributed by atoms with Crippen LogP contribution in [0, 0.1) is 0 Å². The van der Waals surface area contributed by atoms with E-state index in [0.29, 0.717) is 23.1 Å². The molecule has 1 amide bonds. The van der Waals surface area contributed by atoms with Crippen molar-refractivity contribution in [2.45, 2.75) is 19.8 Å². The molecule has 0 atom stereocenters. The van der Waals surface area contributed by atoms with Gasteiger partial charge in [-0.3, -0.25) is 4.79 Å². The van der Waals surface area contributed by atoms with Crippen LogP contribution < -0.4 is 10.6 Å². The first kappa shape index (κ1) is 14.3. The lowest BCUT2D eigenvalue weighted by atomic mass is 10.3. The van der Waals surface area contributed by atoms with Gasteiger partial charge in [-0.25, -0.2) is 0 Å². The van der Waals surface area contributed by atoms with Crippen molar-refractivity contribution >= 4 is 34.8 Å². The van der Waals surface area contributed by atoms with Gasteiger partial charge in [-0.2, -0.15) is 0 Å². The van der Waals surface area contributed by atoms with Gasteiger partial charge in [0.15, 0.2) is 11.6 Å². The smallest absolute Gasteiger partial charge is 0.225 e. The van der Waals surface area contributed by atoms with Crippen LogP contribution in [0.4, 0.5) is 17.3 Å². The van der Waals surface area contributed by atoms with Gasteiger partial charge in [0, 0.05) is 17.1 Å². The molecule has 0 aliphatic heterocycles. The number of carbonyl (C=O) groups is 1. The van der Waals surface area contributed by atoms with Crippen LogP contribution in [0.3, 0.4) is 0 Å². The van der Waals surface area contributed by atoms with E-state index in [1.165, 1.54) is 0 Å². The van der Waals surface area contributed by atoms with E-state index < -0.39 is 0 Å². The number of hydrogen-bond acceptors (Lipinski definition) is 4. The van der Waals surface area contributed by atoms with Gasteiger partial charge in [-0.1, -0.05) is 18.5 Å². The number of aromatic nitrogens is 2. The third-order valence-corrected chi connectivity index (χ3v) is 2.78. The van der Waals surface area contributed by atoms with Crippen molar-refractivity contribution in [2.24, 2.45) is 0 Å². The lowest BCUT2D eigenvalue weighted by Gasteiger charge is -2.06. The van der Waals surface area contributed by atoms with E-state index >= 15 is 0 Å². The van der Waals surface area contributed by atoms with Crippen LogP contribution in [-0.2, 0) is 4.79 Å². The summed E-state index contributed by atoms with van der Waals surface area (Å²) in [5, 5.41) is 14.4. The van der Waals surface area contributed by atoms with Crippen LogP contribution in [0.15, 0.2) is 36.4 Å². The van der Waals surface area contributed by atoms with Crippen LogP contribution in [0.25, 0.3) is 0 Å². The Labute approximate surface area is 122 Å². The van der Waals surface area contributed by atoms with Crippen molar-refractivity contribution in [3.63, 3.8) is 0 Å². The molecule has 0 unspecified atom stereocenters. The standard InChI is InChI=1S/C14H15ClN4O/c1-2-3-14(20)17-13-9-8-12(18-19-13)16-11-6-4-10(15)5-7-11/h4-9H,2-3H2,1H3,(H,16,18)(H,17,19,20). The summed E-state index contributed by atoms with van der Waals surface area (Å²) in [6, 6.07) is 10.7. The summed E-state index contributed by atoms with van der Waals surface area (Å²) in [5.41, 5.74) is 0.867. The molecule has 0 saturated carbocycles. The van der Waals surface area contributed by atoms with E-state index in [0.717, 1.165) is 12.1 Å². The molecule has 2 N–H and O–H groups in total. The molecule has 0 aliphatic carbocycles. The van der Waals surface area contributed by atoms with E-state index in [1.807, 2.05) is 19.1 Å². The maximum absolute atomic E-state index is 11.4. The first-order valence-electron chi connectivity index (χ1n) is 6.33. The predicted octanol–water partition coefficient (Wildman–Crippen LogP) is 3.61. The minimum absolute atomic E-state index is 0.0554. The number of amides is 1. The van der Waals surface area contributed by atoms with Crippen molar-refractivity contribution in [3.8, 4) is 0 Å². The maximum atomic E-state index is 11.4. The molecular formula is C14H15ClN4O. The van der Waals surface area contributed by atoms with Gasteiger partial charge < -0.3 is 10.6 Å². The SMILES string of the molecule is CCCC(=O)Nc1ccc(Nc2ccc(Cl)cc2)nn1. The van der Waals surface area contributed by atoms with E-state index in [1.54, 1.807) is 24.3 Å². The van der Waals surface area contributed by atoms with Crippen LogP contribution >= 0.6 is 11.6 Å². The Morgan fingerprint density at radius 2 is 1.75 bits per heavy atom. The number of hydrogen-bond donors (Lipinski definition) is 2.